The standard InChI is InChI=1S/C32H27N/c1-4-25(19-18-24(3)28-15-9-8-12-23(28)2)26-20-21-30-29-16-10-11-17-31(29)33(32(30)22-26)27-13-6-5-7-14-27/h4-22H,3H2,1-2H3/b19-18-,25-4+. The molecule has 1 nitrogen and oxygen atoms in total. The van der Waals surface area contributed by atoms with Gasteiger partial charge in [-0.2, -0.15) is 0 Å². The second-order valence-electron chi connectivity index (χ2n) is 8.34. The molecule has 0 spiro atoms. The number of fused-ring (bicyclic) bond motifs is 3. The average Bonchev–Trinajstić information content (AvgIpc) is 3.19. The fourth-order valence-electron chi connectivity index (χ4n) is 4.58. The third-order valence-electron chi connectivity index (χ3n) is 6.29. The van der Waals surface area contributed by atoms with Crippen molar-refractivity contribution in [3.63, 3.8) is 0 Å². The molecule has 1 heteroatoms. The number of aryl methyl sites for hydroxylation is 1. The van der Waals surface area contributed by atoms with Crippen LogP contribution >= 0.6 is 0 Å². The first-order valence-corrected chi connectivity index (χ1v) is 11.4. The van der Waals surface area contributed by atoms with Gasteiger partial charge in [0.15, 0.2) is 0 Å². The molecule has 0 N–H and O–H groups in total. The van der Waals surface area contributed by atoms with Crippen LogP contribution in [-0.4, -0.2) is 4.57 Å². The fourth-order valence-corrected chi connectivity index (χ4v) is 4.58. The zero-order valence-electron chi connectivity index (χ0n) is 19.1. The predicted octanol–water partition coefficient (Wildman–Crippen LogP) is 8.77. The Labute approximate surface area is 195 Å². The predicted molar refractivity (Wildman–Crippen MR) is 144 cm³/mol. The van der Waals surface area contributed by atoms with Crippen LogP contribution in [0.1, 0.15) is 23.6 Å². The highest BCUT2D eigenvalue weighted by Gasteiger charge is 2.13. The third-order valence-corrected chi connectivity index (χ3v) is 6.29. The van der Waals surface area contributed by atoms with Crippen LogP contribution in [0.2, 0.25) is 0 Å². The molecule has 0 amide bonds. The second-order valence-corrected chi connectivity index (χ2v) is 8.34. The minimum Gasteiger partial charge on any atom is -0.309 e. The molecule has 1 aromatic heterocycles. The van der Waals surface area contributed by atoms with Crippen LogP contribution in [0.4, 0.5) is 0 Å². The first-order chi connectivity index (χ1) is 16.2. The Morgan fingerprint density at radius 1 is 0.727 bits per heavy atom. The number of para-hydroxylation sites is 2. The molecule has 1 heterocycles. The van der Waals surface area contributed by atoms with Crippen LogP contribution in [0.3, 0.4) is 0 Å². The highest BCUT2D eigenvalue weighted by molar-refractivity contribution is 6.10. The van der Waals surface area contributed by atoms with Crippen LogP contribution < -0.4 is 0 Å². The average molecular weight is 426 g/mol. The van der Waals surface area contributed by atoms with Crippen LogP contribution in [0.5, 0.6) is 0 Å². The summed E-state index contributed by atoms with van der Waals surface area (Å²) in [5, 5.41) is 2.54. The lowest BCUT2D eigenvalue weighted by Crippen LogP contribution is -1.93. The van der Waals surface area contributed by atoms with Gasteiger partial charge in [-0.3, -0.25) is 0 Å². The Kier molecular flexibility index (Phi) is 5.54. The smallest absolute Gasteiger partial charge is 0.0547 e. The van der Waals surface area contributed by atoms with E-state index in [1.165, 1.54) is 49.8 Å². The SMILES string of the molecule is C=C(/C=C\C(=C/C)c1ccc2c3ccccc3n(-c3ccccc3)c2c1)c1ccccc1C. The number of nitrogens with zero attached hydrogens (tertiary/aromatic N) is 1. The van der Waals surface area contributed by atoms with Gasteiger partial charge in [-0.05, 0) is 65.9 Å². The van der Waals surface area contributed by atoms with Crippen molar-refractivity contribution in [1.82, 2.24) is 4.57 Å². The van der Waals surface area contributed by atoms with Gasteiger partial charge < -0.3 is 4.57 Å². The van der Waals surface area contributed by atoms with Crippen molar-refractivity contribution in [1.29, 1.82) is 0 Å². The van der Waals surface area contributed by atoms with E-state index in [-0.39, 0.29) is 0 Å². The maximum absolute atomic E-state index is 4.30. The Balaban J connectivity index is 1.61. The number of rotatable bonds is 5. The van der Waals surface area contributed by atoms with Gasteiger partial charge in [-0.1, -0.05) is 97.6 Å². The molecular weight excluding hydrogens is 398 g/mol. The molecule has 0 unspecified atom stereocenters. The van der Waals surface area contributed by atoms with E-state index in [0.717, 1.165) is 5.57 Å². The van der Waals surface area contributed by atoms with E-state index in [4.69, 9.17) is 0 Å². The summed E-state index contributed by atoms with van der Waals surface area (Å²) in [5.41, 5.74) is 9.42. The van der Waals surface area contributed by atoms with E-state index in [1.54, 1.807) is 0 Å². The largest absolute Gasteiger partial charge is 0.309 e. The Hall–Kier alpha value is -4.10. The van der Waals surface area contributed by atoms with Gasteiger partial charge >= 0.3 is 0 Å². The number of allylic oxidation sites excluding steroid dienone is 5. The number of hydrogen-bond donors (Lipinski definition) is 0. The summed E-state index contributed by atoms with van der Waals surface area (Å²) in [6, 6.07) is 34.4. The van der Waals surface area contributed by atoms with E-state index in [0.29, 0.717) is 0 Å². The van der Waals surface area contributed by atoms with Crippen molar-refractivity contribution in [2.24, 2.45) is 0 Å². The van der Waals surface area contributed by atoms with Crippen LogP contribution in [0, 0.1) is 6.92 Å². The topological polar surface area (TPSA) is 4.93 Å². The van der Waals surface area contributed by atoms with Crippen LogP contribution in [-0.2, 0) is 0 Å². The summed E-state index contributed by atoms with van der Waals surface area (Å²) in [7, 11) is 0. The van der Waals surface area contributed by atoms with Crippen molar-refractivity contribution in [2.75, 3.05) is 0 Å². The molecule has 0 fully saturated rings. The van der Waals surface area contributed by atoms with E-state index >= 15 is 0 Å². The minimum absolute atomic E-state index is 1.02. The van der Waals surface area contributed by atoms with Crippen molar-refractivity contribution in [2.45, 2.75) is 13.8 Å². The van der Waals surface area contributed by atoms with E-state index in [9.17, 15) is 0 Å². The minimum atomic E-state index is 1.02. The molecule has 0 aliphatic carbocycles. The summed E-state index contributed by atoms with van der Waals surface area (Å²) in [6.07, 6.45) is 6.46. The molecule has 0 saturated carbocycles. The molecule has 0 bridgehead atoms. The van der Waals surface area contributed by atoms with E-state index < -0.39 is 0 Å². The van der Waals surface area contributed by atoms with Gasteiger partial charge in [0.2, 0.25) is 0 Å². The maximum atomic E-state index is 4.30. The lowest BCUT2D eigenvalue weighted by Gasteiger charge is -2.09. The summed E-state index contributed by atoms with van der Waals surface area (Å²) in [4.78, 5) is 0. The molecule has 33 heavy (non-hydrogen) atoms. The van der Waals surface area contributed by atoms with Gasteiger partial charge in [0.05, 0.1) is 11.0 Å². The Bertz CT molecular complexity index is 1530. The van der Waals surface area contributed by atoms with E-state index in [1.807, 2.05) is 0 Å². The maximum Gasteiger partial charge on any atom is 0.0547 e. The van der Waals surface area contributed by atoms with Crippen molar-refractivity contribution >= 4 is 33.0 Å². The summed E-state index contributed by atoms with van der Waals surface area (Å²) in [5.74, 6) is 0. The molecule has 5 aromatic rings. The van der Waals surface area contributed by atoms with Crippen molar-refractivity contribution in [3.05, 3.63) is 139 Å². The Morgan fingerprint density at radius 3 is 2.21 bits per heavy atom. The quantitative estimate of drug-likeness (QED) is 0.248. The zero-order valence-corrected chi connectivity index (χ0v) is 19.1. The molecule has 0 aliphatic heterocycles. The first-order valence-electron chi connectivity index (χ1n) is 11.4. The number of benzene rings is 4. The van der Waals surface area contributed by atoms with E-state index in [2.05, 4.69) is 140 Å². The lowest BCUT2D eigenvalue weighted by molar-refractivity contribution is 1.18. The monoisotopic (exact) mass is 425 g/mol. The molecule has 0 aliphatic rings. The molecule has 5 rings (SSSR count). The van der Waals surface area contributed by atoms with Crippen molar-refractivity contribution in [3.8, 4) is 5.69 Å². The van der Waals surface area contributed by atoms with Gasteiger partial charge in [-0.15, -0.1) is 0 Å². The van der Waals surface area contributed by atoms with Gasteiger partial charge in [0.1, 0.15) is 0 Å². The number of aromatic nitrogens is 1. The molecule has 160 valence electrons. The second kappa shape index (κ2) is 8.80. The lowest BCUT2D eigenvalue weighted by atomic mass is 9.98. The molecule has 0 radical (unpaired) electrons. The van der Waals surface area contributed by atoms with Gasteiger partial charge in [-0.25, -0.2) is 0 Å². The summed E-state index contributed by atoms with van der Waals surface area (Å²) >= 11 is 0. The zero-order chi connectivity index (χ0) is 22.8. The van der Waals surface area contributed by atoms with Gasteiger partial charge in [0, 0.05) is 16.5 Å². The Morgan fingerprint density at radius 2 is 1.42 bits per heavy atom. The molecule has 4 aromatic carbocycles. The molecular formula is C32H27N. The first kappa shape index (κ1) is 20.8. The highest BCUT2D eigenvalue weighted by Crippen LogP contribution is 2.34. The highest BCUT2D eigenvalue weighted by atomic mass is 15.0. The molecule has 0 saturated heterocycles. The summed E-state index contributed by atoms with van der Waals surface area (Å²) in [6.45, 7) is 8.52. The molecule has 0 atom stereocenters. The van der Waals surface area contributed by atoms with Gasteiger partial charge in [0.25, 0.3) is 0 Å². The fraction of sp³-hybridized carbons (Fsp3) is 0.0625. The normalized spacial score (nSPS) is 12.1. The van der Waals surface area contributed by atoms with Crippen LogP contribution in [0.25, 0.3) is 38.6 Å². The third kappa shape index (κ3) is 3.83. The summed E-state index contributed by atoms with van der Waals surface area (Å²) < 4.78 is 2.36. The number of hydrogen-bond acceptors (Lipinski definition) is 0. The van der Waals surface area contributed by atoms with Crippen molar-refractivity contribution < 1.29 is 0 Å². The van der Waals surface area contributed by atoms with Crippen LogP contribution in [0.15, 0.2) is 122 Å².